The zero-order chi connectivity index (χ0) is 26.3. The van der Waals surface area contributed by atoms with Crippen molar-refractivity contribution in [2.24, 2.45) is 0 Å². The van der Waals surface area contributed by atoms with Gasteiger partial charge in [-0.15, -0.1) is 33.7 Å². The predicted octanol–water partition coefficient (Wildman–Crippen LogP) is 7.12. The van der Waals surface area contributed by atoms with E-state index in [0.717, 1.165) is 0 Å². The van der Waals surface area contributed by atoms with Gasteiger partial charge in [0.2, 0.25) is 0 Å². The van der Waals surface area contributed by atoms with Crippen LogP contribution in [-0.4, -0.2) is 60.1 Å². The van der Waals surface area contributed by atoms with Crippen LogP contribution in [0.15, 0.2) is 60.7 Å². The fourth-order valence-electron chi connectivity index (χ4n) is 3.97. The summed E-state index contributed by atoms with van der Waals surface area (Å²) >= 11 is -1.76. The number of halogens is 2. The molecule has 0 atom stereocenters. The van der Waals surface area contributed by atoms with Gasteiger partial charge in [-0.2, -0.15) is 24.3 Å². The molecule has 35 heavy (non-hydrogen) atoms. The predicted molar refractivity (Wildman–Crippen MR) is 160 cm³/mol. The molecule has 0 amide bonds. The average Bonchev–Trinajstić information content (AvgIpc) is 3.48. The van der Waals surface area contributed by atoms with Gasteiger partial charge in [0.05, 0.1) is 0 Å². The number of anilines is 4. The molecule has 190 valence electrons. The maximum atomic E-state index is 5.37. The van der Waals surface area contributed by atoms with Crippen molar-refractivity contribution >= 4 is 65.0 Å². The summed E-state index contributed by atoms with van der Waals surface area (Å²) in [5, 5.41) is 5.30. The fourth-order valence-corrected chi connectivity index (χ4v) is 3.97. The van der Waals surface area contributed by atoms with Crippen molar-refractivity contribution in [2.75, 3.05) is 76.0 Å². The number of nitrogens with zero attached hydrogens (tertiary/aromatic N) is 4. The number of hydrogen-bond donors (Lipinski definition) is 0. The summed E-state index contributed by atoms with van der Waals surface area (Å²) in [6.45, 7) is 1.90. The fraction of sp³-hybridized carbons (Fsp3) is 0.321. The zero-order valence-electron chi connectivity index (χ0n) is 22.4. The Morgan fingerprint density at radius 3 is 1.11 bits per heavy atom. The van der Waals surface area contributed by atoms with E-state index in [1.165, 1.54) is 44.3 Å². The van der Waals surface area contributed by atoms with Gasteiger partial charge in [-0.25, -0.2) is 0 Å². The van der Waals surface area contributed by atoms with Gasteiger partial charge in [-0.3, -0.25) is 0 Å². The minimum atomic E-state index is -1.76. The molecule has 0 heterocycles. The van der Waals surface area contributed by atoms with E-state index in [-0.39, 0.29) is 0 Å². The van der Waals surface area contributed by atoms with Crippen molar-refractivity contribution in [1.29, 1.82) is 0 Å². The number of hydrogen-bond acceptors (Lipinski definition) is 4. The van der Waals surface area contributed by atoms with Gasteiger partial charge >= 0.3 is 46.5 Å². The molecule has 0 aliphatic carbocycles. The Balaban J connectivity index is 0.000000208. The Morgan fingerprint density at radius 2 is 0.857 bits per heavy atom. The molecule has 0 aliphatic rings. The molecule has 0 bridgehead atoms. The number of fused-ring (bicyclic) bond motifs is 2. The SMILES string of the molecule is CN(C)c1ccc(N(C)C)c2[cH-]ccc12.CN(C)c1ccc(N(C)C)c2[cH-]ccc12.C[CH]=[Zr]([Cl])[Cl]. The topological polar surface area (TPSA) is 13.0 Å². The molecule has 7 heteroatoms. The van der Waals surface area contributed by atoms with Gasteiger partial charge in [0, 0.05) is 28.2 Å². The molecule has 4 nitrogen and oxygen atoms in total. The number of benzene rings is 2. The summed E-state index contributed by atoms with van der Waals surface area (Å²) in [6, 6.07) is 21.7. The van der Waals surface area contributed by atoms with Crippen LogP contribution in [0.1, 0.15) is 6.92 Å². The Labute approximate surface area is 226 Å². The van der Waals surface area contributed by atoms with Crippen LogP contribution >= 0.6 is 17.0 Å². The molecule has 0 aliphatic heterocycles. The van der Waals surface area contributed by atoms with Crippen molar-refractivity contribution in [2.45, 2.75) is 6.92 Å². The van der Waals surface area contributed by atoms with Crippen LogP contribution in [-0.2, 0) is 18.9 Å². The first-order valence-corrected chi connectivity index (χ1v) is 19.3. The Bertz CT molecular complexity index is 1070. The van der Waals surface area contributed by atoms with Crippen LogP contribution < -0.4 is 19.6 Å². The van der Waals surface area contributed by atoms with E-state index in [2.05, 4.69) is 137 Å². The van der Waals surface area contributed by atoms with Gasteiger partial charge in [-0.1, -0.05) is 24.3 Å². The molecular weight excluding hydrogens is 554 g/mol. The quantitative estimate of drug-likeness (QED) is 0.234. The van der Waals surface area contributed by atoms with E-state index < -0.39 is 18.9 Å². The summed E-state index contributed by atoms with van der Waals surface area (Å²) in [6.07, 6.45) is 0. The molecule has 0 spiro atoms. The average molecular weight is 593 g/mol. The maximum absolute atomic E-state index is 5.37. The van der Waals surface area contributed by atoms with Crippen molar-refractivity contribution in [1.82, 2.24) is 0 Å². The molecule has 0 N–H and O–H groups in total. The second-order valence-electron chi connectivity index (χ2n) is 9.07. The second kappa shape index (κ2) is 13.5. The first-order chi connectivity index (χ1) is 16.5. The van der Waals surface area contributed by atoms with Gasteiger partial charge in [0.25, 0.3) is 0 Å². The molecule has 0 saturated carbocycles. The minimum absolute atomic E-state index is 1.28. The van der Waals surface area contributed by atoms with E-state index in [4.69, 9.17) is 17.0 Å². The Kier molecular flexibility index (Phi) is 11.3. The second-order valence-corrected chi connectivity index (χ2v) is 17.9. The molecule has 0 fully saturated rings. The van der Waals surface area contributed by atoms with Crippen molar-refractivity contribution in [3.05, 3.63) is 60.7 Å². The summed E-state index contributed by atoms with van der Waals surface area (Å²) < 4.78 is 1.89. The number of rotatable bonds is 4. The van der Waals surface area contributed by atoms with Gasteiger partial charge in [0.1, 0.15) is 0 Å². The van der Waals surface area contributed by atoms with Crippen LogP contribution in [0.5, 0.6) is 0 Å². The third-order valence-corrected chi connectivity index (χ3v) is 9.33. The van der Waals surface area contributed by atoms with E-state index in [9.17, 15) is 0 Å². The summed E-state index contributed by atoms with van der Waals surface area (Å²) in [7, 11) is 27.4. The van der Waals surface area contributed by atoms with Gasteiger partial charge in [0.15, 0.2) is 0 Å². The van der Waals surface area contributed by atoms with Crippen LogP contribution in [0.2, 0.25) is 0 Å². The Morgan fingerprint density at radius 1 is 0.571 bits per heavy atom. The Hall–Kier alpha value is -1.81. The van der Waals surface area contributed by atoms with E-state index >= 15 is 0 Å². The van der Waals surface area contributed by atoms with E-state index in [0.29, 0.717) is 0 Å². The molecular formula is C28H38Cl2N4Zr-2. The van der Waals surface area contributed by atoms with Crippen LogP contribution in [0.4, 0.5) is 22.7 Å². The van der Waals surface area contributed by atoms with Crippen molar-refractivity contribution in [3.63, 3.8) is 0 Å². The zero-order valence-corrected chi connectivity index (χ0v) is 26.4. The van der Waals surface area contributed by atoms with Crippen LogP contribution in [0.25, 0.3) is 21.5 Å². The first kappa shape index (κ1) is 29.4. The normalized spacial score (nSPS) is 10.1. The van der Waals surface area contributed by atoms with Crippen LogP contribution in [0.3, 0.4) is 0 Å². The van der Waals surface area contributed by atoms with Crippen LogP contribution in [0, 0.1) is 0 Å². The third-order valence-electron chi connectivity index (χ3n) is 5.68. The molecule has 4 rings (SSSR count). The van der Waals surface area contributed by atoms with Crippen molar-refractivity contribution in [3.8, 4) is 0 Å². The molecule has 4 aromatic rings. The molecule has 0 saturated heterocycles. The molecule has 4 aromatic carbocycles. The first-order valence-electron chi connectivity index (χ1n) is 11.5. The molecule has 0 unspecified atom stereocenters. The summed E-state index contributed by atoms with van der Waals surface area (Å²) in [5.41, 5.74) is 5.11. The van der Waals surface area contributed by atoms with Crippen molar-refractivity contribution < 1.29 is 18.9 Å². The third kappa shape index (κ3) is 7.59. The van der Waals surface area contributed by atoms with E-state index in [1.54, 1.807) is 0 Å². The van der Waals surface area contributed by atoms with Gasteiger partial charge < -0.3 is 19.6 Å². The monoisotopic (exact) mass is 590 g/mol. The van der Waals surface area contributed by atoms with Gasteiger partial charge in [-0.05, 0) is 50.9 Å². The molecule has 0 aromatic heterocycles. The van der Waals surface area contributed by atoms with E-state index in [1.807, 2.05) is 10.6 Å². The standard InChI is InChI=1S/2C13H17N2.C2H4.2ClH.Zr/c2*1-14(2)12-8-9-13(15(3)4)11-7-5-6-10(11)12;1-2;;;/h2*5-9H,1-4H3;1H,2H3;2*1H;/q2*-1;;;;+2/p-2. The summed E-state index contributed by atoms with van der Waals surface area (Å²) in [4.78, 5) is 8.62. The molecule has 0 radical (unpaired) electrons. The summed E-state index contributed by atoms with van der Waals surface area (Å²) in [5.74, 6) is 0.